The van der Waals surface area contributed by atoms with Crippen LogP contribution in [0.4, 0.5) is 0 Å². The molecular weight excluding hydrogens is 216 g/mol. The third-order valence-electron chi connectivity index (χ3n) is 2.85. The lowest BCUT2D eigenvalue weighted by Gasteiger charge is -2.10. The highest BCUT2D eigenvalue weighted by molar-refractivity contribution is 6.11. The predicted molar refractivity (Wildman–Crippen MR) is 65.5 cm³/mol. The molecule has 1 aromatic carbocycles. The van der Waals surface area contributed by atoms with E-state index < -0.39 is 0 Å². The van der Waals surface area contributed by atoms with Gasteiger partial charge in [0.05, 0.1) is 25.5 Å². The van der Waals surface area contributed by atoms with E-state index in [-0.39, 0.29) is 5.78 Å². The molecule has 0 spiro atoms. The van der Waals surface area contributed by atoms with Crippen LogP contribution in [0.15, 0.2) is 24.0 Å². The van der Waals surface area contributed by atoms with E-state index in [1.165, 1.54) is 6.26 Å². The second kappa shape index (κ2) is 4.62. The average Bonchev–Trinajstić information content (AvgIpc) is 2.40. The Morgan fingerprint density at radius 3 is 2.82 bits per heavy atom. The number of rotatable bonds is 1. The van der Waals surface area contributed by atoms with Gasteiger partial charge in [0.1, 0.15) is 5.75 Å². The summed E-state index contributed by atoms with van der Waals surface area (Å²) in [6.07, 6.45) is 2.10. The lowest BCUT2D eigenvalue weighted by atomic mass is 9.96. The van der Waals surface area contributed by atoms with Gasteiger partial charge in [0.15, 0.2) is 5.78 Å². The number of carbonyl (C=O) groups excluding carboxylic acids is 1. The molecule has 90 valence electrons. The first-order valence-corrected chi connectivity index (χ1v) is 5.64. The smallest absolute Gasteiger partial charge is 0.196 e. The molecule has 17 heavy (non-hydrogen) atoms. The normalized spacial score (nSPS) is 17.4. The van der Waals surface area contributed by atoms with Gasteiger partial charge in [0, 0.05) is 12.0 Å². The molecule has 0 radical (unpaired) electrons. The number of aryl methyl sites for hydroxylation is 2. The zero-order chi connectivity index (χ0) is 12.4. The topological polar surface area (TPSA) is 35.5 Å². The van der Waals surface area contributed by atoms with Crippen molar-refractivity contribution in [1.82, 2.24) is 0 Å². The van der Waals surface area contributed by atoms with Gasteiger partial charge in [0.25, 0.3) is 0 Å². The van der Waals surface area contributed by atoms with Crippen molar-refractivity contribution < 1.29 is 14.3 Å². The molecule has 1 aliphatic heterocycles. The van der Waals surface area contributed by atoms with Crippen LogP contribution in [0.3, 0.4) is 0 Å². The van der Waals surface area contributed by atoms with Crippen molar-refractivity contribution in [2.24, 2.45) is 0 Å². The zero-order valence-electron chi connectivity index (χ0n) is 10.4. The molecule has 0 saturated heterocycles. The van der Waals surface area contributed by atoms with E-state index in [9.17, 15) is 4.79 Å². The lowest BCUT2D eigenvalue weighted by Crippen LogP contribution is -2.05. The lowest BCUT2D eigenvalue weighted by molar-refractivity contribution is 0.102. The summed E-state index contributed by atoms with van der Waals surface area (Å²) in [4.78, 5) is 12.3. The Bertz CT molecular complexity index is 486. The summed E-state index contributed by atoms with van der Waals surface area (Å²) >= 11 is 0. The van der Waals surface area contributed by atoms with Crippen molar-refractivity contribution in [2.45, 2.75) is 20.3 Å². The molecule has 0 atom stereocenters. The fourth-order valence-electron chi connectivity index (χ4n) is 2.13. The SMILES string of the molecule is CO/C=C1/CCOc2cc(C)cc(C)c2C1=O. The van der Waals surface area contributed by atoms with Crippen molar-refractivity contribution in [3.63, 3.8) is 0 Å². The molecule has 0 bridgehead atoms. The van der Waals surface area contributed by atoms with Gasteiger partial charge in [-0.2, -0.15) is 0 Å². The van der Waals surface area contributed by atoms with Crippen molar-refractivity contribution >= 4 is 5.78 Å². The molecule has 1 heterocycles. The second-order valence-electron chi connectivity index (χ2n) is 4.26. The highest BCUT2D eigenvalue weighted by Crippen LogP contribution is 2.30. The summed E-state index contributed by atoms with van der Waals surface area (Å²) in [5.74, 6) is 0.698. The minimum atomic E-state index is 0.0110. The van der Waals surface area contributed by atoms with Gasteiger partial charge in [-0.25, -0.2) is 0 Å². The fraction of sp³-hybridized carbons (Fsp3) is 0.357. The van der Waals surface area contributed by atoms with E-state index in [0.717, 1.165) is 11.1 Å². The van der Waals surface area contributed by atoms with E-state index >= 15 is 0 Å². The molecule has 0 fully saturated rings. The summed E-state index contributed by atoms with van der Waals surface area (Å²) < 4.78 is 10.6. The number of Topliss-reactive ketones (excluding diaryl/α,β-unsaturated/α-hetero) is 1. The minimum absolute atomic E-state index is 0.0110. The van der Waals surface area contributed by atoms with E-state index in [0.29, 0.717) is 29.9 Å². The summed E-state index contributed by atoms with van der Waals surface area (Å²) in [6.45, 7) is 4.44. The van der Waals surface area contributed by atoms with Crippen LogP contribution in [0.2, 0.25) is 0 Å². The van der Waals surface area contributed by atoms with Gasteiger partial charge in [-0.15, -0.1) is 0 Å². The maximum atomic E-state index is 12.3. The van der Waals surface area contributed by atoms with Gasteiger partial charge in [-0.3, -0.25) is 4.79 Å². The molecule has 0 N–H and O–H groups in total. The first-order chi connectivity index (χ1) is 8.13. The van der Waals surface area contributed by atoms with Crippen LogP contribution < -0.4 is 4.74 Å². The maximum Gasteiger partial charge on any atom is 0.196 e. The third-order valence-corrected chi connectivity index (χ3v) is 2.85. The monoisotopic (exact) mass is 232 g/mol. The van der Waals surface area contributed by atoms with E-state index in [1.807, 2.05) is 26.0 Å². The quantitative estimate of drug-likeness (QED) is 0.551. The Morgan fingerprint density at radius 1 is 1.35 bits per heavy atom. The molecule has 0 aromatic heterocycles. The minimum Gasteiger partial charge on any atom is -0.504 e. The molecule has 1 aromatic rings. The Morgan fingerprint density at radius 2 is 2.12 bits per heavy atom. The van der Waals surface area contributed by atoms with Gasteiger partial charge < -0.3 is 9.47 Å². The number of hydrogen-bond acceptors (Lipinski definition) is 3. The van der Waals surface area contributed by atoms with Crippen molar-refractivity contribution in [2.75, 3.05) is 13.7 Å². The number of carbonyl (C=O) groups is 1. The number of ether oxygens (including phenoxy) is 2. The standard InChI is InChI=1S/C14H16O3/c1-9-6-10(2)13-12(7-9)17-5-4-11(8-16-3)14(13)15/h6-8H,4-5H2,1-3H3/b11-8-. The van der Waals surface area contributed by atoms with Crippen molar-refractivity contribution in [1.29, 1.82) is 0 Å². The number of fused-ring (bicyclic) bond motifs is 1. The van der Waals surface area contributed by atoms with E-state index in [4.69, 9.17) is 9.47 Å². The molecule has 0 amide bonds. The third kappa shape index (κ3) is 2.18. The average molecular weight is 232 g/mol. The summed E-state index contributed by atoms with van der Waals surface area (Å²) in [6, 6.07) is 3.91. The first kappa shape index (κ1) is 11.7. The fourth-order valence-corrected chi connectivity index (χ4v) is 2.13. The van der Waals surface area contributed by atoms with Crippen molar-refractivity contribution in [3.8, 4) is 5.75 Å². The predicted octanol–water partition coefficient (Wildman–Crippen LogP) is 2.80. The highest BCUT2D eigenvalue weighted by Gasteiger charge is 2.23. The van der Waals surface area contributed by atoms with Gasteiger partial charge >= 0.3 is 0 Å². The molecule has 0 aliphatic carbocycles. The number of benzene rings is 1. The molecule has 3 heteroatoms. The Balaban J connectivity index is 2.55. The number of ketones is 1. The van der Waals surface area contributed by atoms with E-state index in [1.54, 1.807) is 7.11 Å². The number of methoxy groups -OCH3 is 1. The van der Waals surface area contributed by atoms with Crippen LogP contribution in [0.5, 0.6) is 5.75 Å². The van der Waals surface area contributed by atoms with E-state index in [2.05, 4.69) is 0 Å². The molecule has 0 saturated carbocycles. The van der Waals surface area contributed by atoms with Crippen LogP contribution in [0.1, 0.15) is 27.9 Å². The molecule has 0 unspecified atom stereocenters. The Hall–Kier alpha value is -1.77. The largest absolute Gasteiger partial charge is 0.504 e. The highest BCUT2D eigenvalue weighted by atomic mass is 16.5. The summed E-state index contributed by atoms with van der Waals surface area (Å²) in [5.41, 5.74) is 3.39. The molecule has 1 aliphatic rings. The summed E-state index contributed by atoms with van der Waals surface area (Å²) in [5, 5.41) is 0. The Kier molecular flexibility index (Phi) is 3.18. The van der Waals surface area contributed by atoms with Crippen LogP contribution in [-0.2, 0) is 4.74 Å². The summed E-state index contributed by atoms with van der Waals surface area (Å²) in [7, 11) is 1.55. The van der Waals surface area contributed by atoms with Crippen LogP contribution >= 0.6 is 0 Å². The number of hydrogen-bond donors (Lipinski definition) is 0. The van der Waals surface area contributed by atoms with Crippen molar-refractivity contribution in [3.05, 3.63) is 40.7 Å². The second-order valence-corrected chi connectivity index (χ2v) is 4.26. The molecule has 2 rings (SSSR count). The van der Waals surface area contributed by atoms with Gasteiger partial charge in [-0.05, 0) is 31.0 Å². The molecular formula is C14H16O3. The van der Waals surface area contributed by atoms with Crippen LogP contribution in [0.25, 0.3) is 0 Å². The van der Waals surface area contributed by atoms with Gasteiger partial charge in [-0.1, -0.05) is 6.07 Å². The molecule has 3 nitrogen and oxygen atoms in total. The Labute approximate surface area is 101 Å². The van der Waals surface area contributed by atoms with Crippen LogP contribution in [0, 0.1) is 13.8 Å². The zero-order valence-corrected chi connectivity index (χ0v) is 10.4. The van der Waals surface area contributed by atoms with Gasteiger partial charge in [0.2, 0.25) is 0 Å². The van der Waals surface area contributed by atoms with Crippen LogP contribution in [-0.4, -0.2) is 19.5 Å². The maximum absolute atomic E-state index is 12.3. The first-order valence-electron chi connectivity index (χ1n) is 5.64.